The lowest BCUT2D eigenvalue weighted by Gasteiger charge is -2.05. The molecule has 0 unspecified atom stereocenters. The van der Waals surface area contributed by atoms with Crippen molar-refractivity contribution >= 4 is 15.9 Å². The Kier molecular flexibility index (Phi) is 6.01. The quantitative estimate of drug-likeness (QED) is 0.781. The molecule has 0 saturated carbocycles. The van der Waals surface area contributed by atoms with E-state index < -0.39 is 0 Å². The van der Waals surface area contributed by atoms with E-state index in [-0.39, 0.29) is 0 Å². The van der Waals surface area contributed by atoms with Crippen molar-refractivity contribution in [3.63, 3.8) is 0 Å². The van der Waals surface area contributed by atoms with Gasteiger partial charge in [0, 0.05) is 27.3 Å². The van der Waals surface area contributed by atoms with Gasteiger partial charge in [0.25, 0.3) is 0 Å². The first kappa shape index (κ1) is 13.7. The van der Waals surface area contributed by atoms with Gasteiger partial charge in [0.05, 0.1) is 15.9 Å². The molecule has 0 amide bonds. The molecule has 0 fully saturated rings. The first-order chi connectivity index (χ1) is 7.66. The van der Waals surface area contributed by atoms with E-state index in [9.17, 15) is 0 Å². The van der Waals surface area contributed by atoms with Crippen LogP contribution in [-0.2, 0) is 18.3 Å². The molecule has 0 aromatic carbocycles. The standard InChI is InChI=1S/C11H20BrN3O/c1-9-11(12)10(15(2)14-9)8-13-6-4-5-7-16-3/h13H,4-8H2,1-3H3. The Hall–Kier alpha value is -0.390. The van der Waals surface area contributed by atoms with Crippen molar-refractivity contribution in [2.75, 3.05) is 20.3 Å². The summed E-state index contributed by atoms with van der Waals surface area (Å²) in [6.07, 6.45) is 2.25. The zero-order valence-electron chi connectivity index (χ0n) is 10.2. The van der Waals surface area contributed by atoms with Crippen molar-refractivity contribution in [1.29, 1.82) is 0 Å². The molecule has 1 N–H and O–H groups in total. The third-order valence-electron chi connectivity index (χ3n) is 2.51. The maximum Gasteiger partial charge on any atom is 0.0739 e. The second kappa shape index (κ2) is 7.04. The first-order valence-electron chi connectivity index (χ1n) is 5.54. The van der Waals surface area contributed by atoms with E-state index in [1.165, 1.54) is 5.69 Å². The lowest BCUT2D eigenvalue weighted by Crippen LogP contribution is -2.17. The monoisotopic (exact) mass is 289 g/mol. The van der Waals surface area contributed by atoms with Crippen LogP contribution < -0.4 is 5.32 Å². The summed E-state index contributed by atoms with van der Waals surface area (Å²) in [7, 11) is 3.71. The number of hydrogen-bond donors (Lipinski definition) is 1. The average molecular weight is 290 g/mol. The SMILES string of the molecule is COCCCCNCc1c(Br)c(C)nn1C. The summed E-state index contributed by atoms with van der Waals surface area (Å²) in [5, 5.41) is 7.76. The van der Waals surface area contributed by atoms with Crippen LogP contribution in [-0.4, -0.2) is 30.0 Å². The molecule has 92 valence electrons. The zero-order valence-corrected chi connectivity index (χ0v) is 11.8. The fourth-order valence-electron chi connectivity index (χ4n) is 1.58. The molecule has 0 aliphatic carbocycles. The van der Waals surface area contributed by atoms with Crippen molar-refractivity contribution in [2.24, 2.45) is 7.05 Å². The molecule has 0 atom stereocenters. The molecule has 16 heavy (non-hydrogen) atoms. The molecule has 1 aromatic rings. The maximum atomic E-state index is 5.00. The van der Waals surface area contributed by atoms with Gasteiger partial charge in [0.1, 0.15) is 0 Å². The molecular formula is C11H20BrN3O. The lowest BCUT2D eigenvalue weighted by atomic mass is 10.3. The molecule has 0 spiro atoms. The number of hydrogen-bond acceptors (Lipinski definition) is 3. The van der Waals surface area contributed by atoms with Gasteiger partial charge in [-0.3, -0.25) is 4.68 Å². The second-order valence-electron chi connectivity index (χ2n) is 3.85. The van der Waals surface area contributed by atoms with Crippen LogP contribution in [0.1, 0.15) is 24.2 Å². The molecule has 0 aliphatic heterocycles. The number of aryl methyl sites for hydroxylation is 2. The van der Waals surface area contributed by atoms with Gasteiger partial charge >= 0.3 is 0 Å². The van der Waals surface area contributed by atoms with E-state index in [1.807, 2.05) is 18.7 Å². The van der Waals surface area contributed by atoms with E-state index in [1.54, 1.807) is 7.11 Å². The van der Waals surface area contributed by atoms with Gasteiger partial charge in [-0.15, -0.1) is 0 Å². The van der Waals surface area contributed by atoms with Gasteiger partial charge < -0.3 is 10.1 Å². The minimum Gasteiger partial charge on any atom is -0.385 e. The number of ether oxygens (including phenoxy) is 1. The first-order valence-corrected chi connectivity index (χ1v) is 6.33. The fourth-order valence-corrected chi connectivity index (χ4v) is 2.05. The molecule has 0 saturated heterocycles. The zero-order chi connectivity index (χ0) is 12.0. The van der Waals surface area contributed by atoms with Crippen LogP contribution in [0, 0.1) is 6.92 Å². The predicted molar refractivity (Wildman–Crippen MR) is 68.5 cm³/mol. The van der Waals surface area contributed by atoms with Crippen LogP contribution in [0.5, 0.6) is 0 Å². The molecule has 0 aliphatic rings. The molecule has 0 bridgehead atoms. The van der Waals surface area contributed by atoms with Gasteiger partial charge in [0.2, 0.25) is 0 Å². The fraction of sp³-hybridized carbons (Fsp3) is 0.727. The van der Waals surface area contributed by atoms with Crippen molar-refractivity contribution in [2.45, 2.75) is 26.3 Å². The van der Waals surface area contributed by atoms with Crippen molar-refractivity contribution in [3.8, 4) is 0 Å². The number of methoxy groups -OCH3 is 1. The van der Waals surface area contributed by atoms with E-state index in [4.69, 9.17) is 4.74 Å². The Bertz CT molecular complexity index is 325. The van der Waals surface area contributed by atoms with E-state index in [2.05, 4.69) is 26.3 Å². The van der Waals surface area contributed by atoms with Crippen LogP contribution in [0.4, 0.5) is 0 Å². The Morgan fingerprint density at radius 1 is 1.44 bits per heavy atom. The molecule has 1 aromatic heterocycles. The normalized spacial score (nSPS) is 11.0. The van der Waals surface area contributed by atoms with Crippen LogP contribution >= 0.6 is 15.9 Å². The molecule has 1 rings (SSSR count). The maximum absolute atomic E-state index is 5.00. The molecule has 0 radical (unpaired) electrons. The lowest BCUT2D eigenvalue weighted by molar-refractivity contribution is 0.192. The summed E-state index contributed by atoms with van der Waals surface area (Å²) < 4.78 is 8.03. The Morgan fingerprint density at radius 3 is 2.75 bits per heavy atom. The predicted octanol–water partition coefficient (Wildman–Crippen LogP) is 2.01. The smallest absolute Gasteiger partial charge is 0.0739 e. The van der Waals surface area contributed by atoms with E-state index >= 15 is 0 Å². The number of rotatable bonds is 7. The Labute approximate surface area is 105 Å². The Morgan fingerprint density at radius 2 is 2.19 bits per heavy atom. The largest absolute Gasteiger partial charge is 0.385 e. The third-order valence-corrected chi connectivity index (χ3v) is 3.54. The topological polar surface area (TPSA) is 39.1 Å². The van der Waals surface area contributed by atoms with Gasteiger partial charge in [-0.05, 0) is 42.2 Å². The summed E-state index contributed by atoms with van der Waals surface area (Å²) in [4.78, 5) is 0. The summed E-state index contributed by atoms with van der Waals surface area (Å²) in [5.41, 5.74) is 2.24. The van der Waals surface area contributed by atoms with Crippen LogP contribution in [0.3, 0.4) is 0 Å². The number of aromatic nitrogens is 2. The summed E-state index contributed by atoms with van der Waals surface area (Å²) in [6.45, 7) is 4.72. The molecule has 1 heterocycles. The minimum absolute atomic E-state index is 0.843. The summed E-state index contributed by atoms with van der Waals surface area (Å²) in [6, 6.07) is 0. The third kappa shape index (κ3) is 3.88. The average Bonchev–Trinajstić information content (AvgIpc) is 2.49. The highest BCUT2D eigenvalue weighted by Crippen LogP contribution is 2.19. The highest BCUT2D eigenvalue weighted by Gasteiger charge is 2.09. The van der Waals surface area contributed by atoms with E-state index in [0.717, 1.165) is 42.7 Å². The highest BCUT2D eigenvalue weighted by molar-refractivity contribution is 9.10. The van der Waals surface area contributed by atoms with Crippen molar-refractivity contribution in [1.82, 2.24) is 15.1 Å². The highest BCUT2D eigenvalue weighted by atomic mass is 79.9. The van der Waals surface area contributed by atoms with Gasteiger partial charge in [-0.2, -0.15) is 5.10 Å². The second-order valence-corrected chi connectivity index (χ2v) is 4.64. The minimum atomic E-state index is 0.843. The number of halogens is 1. The summed E-state index contributed by atoms with van der Waals surface area (Å²) >= 11 is 3.55. The van der Waals surface area contributed by atoms with E-state index in [0.29, 0.717) is 0 Å². The van der Waals surface area contributed by atoms with Crippen LogP contribution in [0.15, 0.2) is 4.47 Å². The van der Waals surface area contributed by atoms with Crippen molar-refractivity contribution < 1.29 is 4.74 Å². The van der Waals surface area contributed by atoms with Gasteiger partial charge in [-0.25, -0.2) is 0 Å². The van der Waals surface area contributed by atoms with Gasteiger partial charge in [0.15, 0.2) is 0 Å². The van der Waals surface area contributed by atoms with Crippen LogP contribution in [0.25, 0.3) is 0 Å². The Balaban J connectivity index is 2.26. The number of nitrogens with one attached hydrogen (secondary N) is 1. The van der Waals surface area contributed by atoms with Crippen molar-refractivity contribution in [3.05, 3.63) is 15.9 Å². The number of unbranched alkanes of at least 4 members (excludes halogenated alkanes) is 1. The summed E-state index contributed by atoms with van der Waals surface area (Å²) in [5.74, 6) is 0. The number of nitrogens with zero attached hydrogens (tertiary/aromatic N) is 2. The van der Waals surface area contributed by atoms with Gasteiger partial charge in [-0.1, -0.05) is 0 Å². The molecule has 4 nitrogen and oxygen atoms in total. The molecule has 5 heteroatoms. The van der Waals surface area contributed by atoms with Crippen LogP contribution in [0.2, 0.25) is 0 Å². The molecular weight excluding hydrogens is 270 g/mol.